The quantitative estimate of drug-likeness (QED) is 0.720. The summed E-state index contributed by atoms with van der Waals surface area (Å²) in [6.45, 7) is 9.97. The summed E-state index contributed by atoms with van der Waals surface area (Å²) in [6, 6.07) is 3.67. The Kier molecular flexibility index (Phi) is 3.01. The summed E-state index contributed by atoms with van der Waals surface area (Å²) < 4.78 is 11.8. The van der Waals surface area contributed by atoms with E-state index in [0.29, 0.717) is 5.02 Å². The van der Waals surface area contributed by atoms with Crippen molar-refractivity contribution in [2.75, 3.05) is 0 Å². The van der Waals surface area contributed by atoms with E-state index in [1.165, 1.54) is 0 Å². The first-order valence-corrected chi connectivity index (χ1v) is 6.09. The summed E-state index contributed by atoms with van der Waals surface area (Å²) in [4.78, 5) is 4.40. The predicted octanol–water partition coefficient (Wildman–Crippen LogP) is 2.34. The van der Waals surface area contributed by atoms with E-state index in [9.17, 15) is 0 Å². The fourth-order valence-corrected chi connectivity index (χ4v) is 1.76. The van der Waals surface area contributed by atoms with Crippen LogP contribution in [0.3, 0.4) is 0 Å². The van der Waals surface area contributed by atoms with Gasteiger partial charge in [0, 0.05) is 0 Å². The van der Waals surface area contributed by atoms with Gasteiger partial charge in [-0.1, -0.05) is 11.6 Å². The van der Waals surface area contributed by atoms with Crippen molar-refractivity contribution in [3.63, 3.8) is 0 Å². The number of rotatable bonds is 1. The van der Waals surface area contributed by atoms with Crippen LogP contribution in [0.25, 0.3) is 0 Å². The molecule has 0 unspecified atom stereocenters. The fraction of sp³-hybridized carbons (Fsp3) is 0.583. The van der Waals surface area contributed by atoms with Crippen LogP contribution in [-0.2, 0) is 9.31 Å². The molecule has 1 aromatic heterocycles. The molecule has 0 radical (unpaired) electrons. The molecule has 1 aliphatic heterocycles. The van der Waals surface area contributed by atoms with E-state index in [1.807, 2.05) is 46.8 Å². The number of halogens is 1. The van der Waals surface area contributed by atoms with Crippen molar-refractivity contribution in [3.05, 3.63) is 22.8 Å². The Labute approximate surface area is 108 Å². The molecule has 1 fully saturated rings. The average molecular weight is 254 g/mol. The SMILES string of the molecule is Cc1nc(B2OC(C)(C)C(C)(C)O2)ccc1Cl. The van der Waals surface area contributed by atoms with Crippen molar-refractivity contribution in [2.45, 2.75) is 45.8 Å². The van der Waals surface area contributed by atoms with Crippen molar-refractivity contribution in [2.24, 2.45) is 0 Å². The lowest BCUT2D eigenvalue weighted by Gasteiger charge is -2.32. The van der Waals surface area contributed by atoms with Crippen molar-refractivity contribution in [3.8, 4) is 0 Å². The Morgan fingerprint density at radius 2 is 1.65 bits per heavy atom. The zero-order valence-electron chi connectivity index (χ0n) is 10.9. The molecule has 0 N–H and O–H groups in total. The van der Waals surface area contributed by atoms with Crippen molar-refractivity contribution in [1.82, 2.24) is 4.98 Å². The molecule has 2 rings (SSSR count). The minimum absolute atomic E-state index is 0.340. The maximum atomic E-state index is 5.96. The van der Waals surface area contributed by atoms with Gasteiger partial charge in [-0.3, -0.25) is 4.98 Å². The van der Waals surface area contributed by atoms with Crippen molar-refractivity contribution >= 4 is 24.3 Å². The second-order valence-corrected chi connectivity index (χ2v) is 5.80. The molecule has 1 aliphatic rings. The number of aryl methyl sites for hydroxylation is 1. The number of hydrogen-bond donors (Lipinski definition) is 0. The summed E-state index contributed by atoms with van der Waals surface area (Å²) in [5.41, 5.74) is 0.879. The highest BCUT2D eigenvalue weighted by Crippen LogP contribution is 2.36. The lowest BCUT2D eigenvalue weighted by atomic mass is 9.84. The Morgan fingerprint density at radius 1 is 1.12 bits per heavy atom. The second kappa shape index (κ2) is 3.97. The standard InChI is InChI=1S/C12H17BClNO2/c1-8-9(14)6-7-10(15-8)13-16-11(2,3)12(4,5)17-13/h6-7H,1-5H3. The Balaban J connectivity index is 2.29. The lowest BCUT2D eigenvalue weighted by Crippen LogP contribution is -2.41. The maximum absolute atomic E-state index is 5.96. The second-order valence-electron chi connectivity index (χ2n) is 5.39. The third kappa shape index (κ3) is 2.22. The number of aromatic nitrogens is 1. The summed E-state index contributed by atoms with van der Waals surface area (Å²) in [6.07, 6.45) is 0. The minimum Gasteiger partial charge on any atom is -0.398 e. The van der Waals surface area contributed by atoms with E-state index in [0.717, 1.165) is 11.3 Å². The molecule has 5 heteroatoms. The summed E-state index contributed by atoms with van der Waals surface area (Å²) in [5, 5.41) is 0.658. The van der Waals surface area contributed by atoms with Crippen LogP contribution in [0.4, 0.5) is 0 Å². The van der Waals surface area contributed by atoms with Crippen LogP contribution < -0.4 is 5.59 Å². The zero-order chi connectivity index (χ0) is 12.8. The van der Waals surface area contributed by atoms with Crippen LogP contribution in [0.2, 0.25) is 5.02 Å². The van der Waals surface area contributed by atoms with Gasteiger partial charge in [0.1, 0.15) is 0 Å². The van der Waals surface area contributed by atoms with Crippen LogP contribution >= 0.6 is 11.6 Å². The van der Waals surface area contributed by atoms with Gasteiger partial charge in [-0.2, -0.15) is 0 Å². The molecule has 2 heterocycles. The molecule has 0 spiro atoms. The molecule has 92 valence electrons. The van der Waals surface area contributed by atoms with Crippen LogP contribution in [-0.4, -0.2) is 23.3 Å². The van der Waals surface area contributed by atoms with Crippen LogP contribution in [0.1, 0.15) is 33.4 Å². The van der Waals surface area contributed by atoms with Crippen LogP contribution in [0.5, 0.6) is 0 Å². The van der Waals surface area contributed by atoms with E-state index in [-0.39, 0.29) is 11.2 Å². The lowest BCUT2D eigenvalue weighted by molar-refractivity contribution is 0.00578. The van der Waals surface area contributed by atoms with Gasteiger partial charge in [0.15, 0.2) is 0 Å². The van der Waals surface area contributed by atoms with Gasteiger partial charge in [0.25, 0.3) is 0 Å². The fourth-order valence-electron chi connectivity index (χ4n) is 1.66. The molecular weight excluding hydrogens is 236 g/mol. The molecule has 0 amide bonds. The molecule has 1 aromatic rings. The molecule has 0 bridgehead atoms. The molecule has 0 saturated carbocycles. The van der Waals surface area contributed by atoms with Gasteiger partial charge in [-0.05, 0) is 46.8 Å². The molecule has 3 nitrogen and oxygen atoms in total. The number of nitrogens with zero attached hydrogens (tertiary/aromatic N) is 1. The first-order chi connectivity index (χ1) is 7.73. The third-order valence-corrected chi connectivity index (χ3v) is 3.94. The average Bonchev–Trinajstić information content (AvgIpc) is 2.41. The monoisotopic (exact) mass is 253 g/mol. The molecule has 1 saturated heterocycles. The van der Waals surface area contributed by atoms with Gasteiger partial charge < -0.3 is 9.31 Å². The van der Waals surface area contributed by atoms with Crippen molar-refractivity contribution in [1.29, 1.82) is 0 Å². The highest BCUT2D eigenvalue weighted by atomic mass is 35.5. The Hall–Kier alpha value is -0.575. The molecular formula is C12H17BClNO2. The van der Waals surface area contributed by atoms with Gasteiger partial charge in [0.2, 0.25) is 0 Å². The zero-order valence-corrected chi connectivity index (χ0v) is 11.6. The Morgan fingerprint density at radius 3 is 2.12 bits per heavy atom. The summed E-state index contributed by atoms with van der Waals surface area (Å²) >= 11 is 5.96. The van der Waals surface area contributed by atoms with Crippen LogP contribution in [0, 0.1) is 6.92 Å². The van der Waals surface area contributed by atoms with Gasteiger partial charge in [-0.15, -0.1) is 0 Å². The van der Waals surface area contributed by atoms with E-state index < -0.39 is 7.12 Å². The van der Waals surface area contributed by atoms with E-state index in [1.54, 1.807) is 0 Å². The highest BCUT2D eigenvalue weighted by Gasteiger charge is 2.52. The Bertz CT molecular complexity index is 432. The van der Waals surface area contributed by atoms with E-state index in [2.05, 4.69) is 4.98 Å². The molecule has 17 heavy (non-hydrogen) atoms. The van der Waals surface area contributed by atoms with E-state index in [4.69, 9.17) is 20.9 Å². The van der Waals surface area contributed by atoms with E-state index >= 15 is 0 Å². The topological polar surface area (TPSA) is 31.4 Å². The van der Waals surface area contributed by atoms with Crippen LogP contribution in [0.15, 0.2) is 12.1 Å². The molecule has 0 aromatic carbocycles. The number of hydrogen-bond acceptors (Lipinski definition) is 3. The van der Waals surface area contributed by atoms with Crippen molar-refractivity contribution < 1.29 is 9.31 Å². The van der Waals surface area contributed by atoms with Gasteiger partial charge >= 0.3 is 7.12 Å². The predicted molar refractivity (Wildman–Crippen MR) is 69.7 cm³/mol. The maximum Gasteiger partial charge on any atom is 0.514 e. The first kappa shape index (κ1) is 12.9. The minimum atomic E-state index is -0.420. The van der Waals surface area contributed by atoms with Gasteiger partial charge in [-0.25, -0.2) is 0 Å². The molecule has 0 atom stereocenters. The van der Waals surface area contributed by atoms with Gasteiger partial charge in [0.05, 0.1) is 27.5 Å². The normalized spacial score (nSPS) is 21.9. The molecule has 0 aliphatic carbocycles. The first-order valence-electron chi connectivity index (χ1n) is 5.72. The summed E-state index contributed by atoms with van der Waals surface area (Å²) in [7, 11) is -0.420. The number of pyridine rings is 1. The third-order valence-electron chi connectivity index (χ3n) is 3.54. The summed E-state index contributed by atoms with van der Waals surface area (Å²) in [5.74, 6) is 0. The smallest absolute Gasteiger partial charge is 0.398 e. The highest BCUT2D eigenvalue weighted by molar-refractivity contribution is 6.61. The largest absolute Gasteiger partial charge is 0.514 e.